The average molecular weight is 423 g/mol. The molecule has 8 heteroatoms. The molecule has 3 heterocycles. The van der Waals surface area contributed by atoms with Gasteiger partial charge in [-0.1, -0.05) is 0 Å². The van der Waals surface area contributed by atoms with Crippen molar-refractivity contribution < 1.29 is 12.8 Å². The van der Waals surface area contributed by atoms with E-state index in [1.807, 2.05) is 4.90 Å². The predicted octanol–water partition coefficient (Wildman–Crippen LogP) is 3.73. The number of H-pyrrole nitrogens is 1. The molecule has 0 radical (unpaired) electrons. The van der Waals surface area contributed by atoms with Crippen molar-refractivity contribution >= 4 is 32.1 Å². The second kappa shape index (κ2) is 6.30. The number of sulfone groups is 1. The van der Waals surface area contributed by atoms with E-state index < -0.39 is 9.84 Å². The van der Waals surface area contributed by atoms with Gasteiger partial charge in [-0.2, -0.15) is 0 Å². The van der Waals surface area contributed by atoms with E-state index in [-0.39, 0.29) is 16.3 Å². The number of anilines is 2. The van der Waals surface area contributed by atoms with Gasteiger partial charge >= 0.3 is 0 Å². The fraction of sp³-hybridized carbons (Fsp3) is 0.136. The zero-order valence-corrected chi connectivity index (χ0v) is 17.1. The van der Waals surface area contributed by atoms with Gasteiger partial charge in [0.15, 0.2) is 9.84 Å². The first-order valence-corrected chi connectivity index (χ1v) is 11.2. The van der Waals surface area contributed by atoms with E-state index in [0.29, 0.717) is 17.6 Å². The van der Waals surface area contributed by atoms with E-state index in [0.717, 1.165) is 27.9 Å². The van der Waals surface area contributed by atoms with Crippen LogP contribution in [-0.2, 0) is 23.4 Å². The van der Waals surface area contributed by atoms with Gasteiger partial charge in [-0.3, -0.25) is 4.79 Å². The molecule has 0 amide bonds. The van der Waals surface area contributed by atoms with E-state index in [1.54, 1.807) is 49.8 Å². The number of aryl methyl sites for hydroxylation is 1. The molecule has 0 spiro atoms. The molecule has 1 N–H and O–H groups in total. The molecule has 1 aliphatic heterocycles. The summed E-state index contributed by atoms with van der Waals surface area (Å²) in [6.07, 6.45) is 4.71. The number of benzene rings is 2. The normalized spacial score (nSPS) is 13.4. The Morgan fingerprint density at radius 2 is 1.80 bits per heavy atom. The average Bonchev–Trinajstić information content (AvgIpc) is 3.07. The van der Waals surface area contributed by atoms with Crippen molar-refractivity contribution in [3.05, 3.63) is 76.6 Å². The van der Waals surface area contributed by atoms with Gasteiger partial charge in [-0.05, 0) is 48.0 Å². The Bertz CT molecular complexity index is 1480. The van der Waals surface area contributed by atoms with E-state index in [4.69, 9.17) is 0 Å². The summed E-state index contributed by atoms with van der Waals surface area (Å²) in [6, 6.07) is 11.1. The van der Waals surface area contributed by atoms with Crippen LogP contribution in [0.25, 0.3) is 22.0 Å². The second-order valence-electron chi connectivity index (χ2n) is 7.54. The fourth-order valence-corrected chi connectivity index (χ4v) is 4.71. The summed E-state index contributed by atoms with van der Waals surface area (Å²) in [5, 5.41) is 0.773. The first-order chi connectivity index (χ1) is 14.2. The second-order valence-corrected chi connectivity index (χ2v) is 9.55. The zero-order valence-electron chi connectivity index (χ0n) is 16.3. The minimum atomic E-state index is -3.43. The summed E-state index contributed by atoms with van der Waals surface area (Å²) >= 11 is 0. The molecule has 2 aromatic heterocycles. The largest absolute Gasteiger partial charge is 0.356 e. The first-order valence-electron chi connectivity index (χ1n) is 9.31. The van der Waals surface area contributed by atoms with Gasteiger partial charge in [-0.15, -0.1) is 0 Å². The number of hydrogen-bond donors (Lipinski definition) is 1. The minimum absolute atomic E-state index is 0.156. The first kappa shape index (κ1) is 18.6. The van der Waals surface area contributed by atoms with E-state index in [2.05, 4.69) is 4.98 Å². The topological polar surface area (TPSA) is 75.2 Å². The number of hydrogen-bond acceptors (Lipinski definition) is 4. The number of halogens is 1. The Labute approximate surface area is 172 Å². The molecular weight excluding hydrogens is 405 g/mol. The molecule has 0 fully saturated rings. The number of aromatic nitrogens is 2. The monoisotopic (exact) mass is 423 g/mol. The summed E-state index contributed by atoms with van der Waals surface area (Å²) in [7, 11) is -1.76. The fourth-order valence-electron chi connectivity index (χ4n) is 4.07. The lowest BCUT2D eigenvalue weighted by Gasteiger charge is -2.26. The quantitative estimate of drug-likeness (QED) is 0.533. The zero-order chi connectivity index (χ0) is 21.2. The van der Waals surface area contributed by atoms with Gasteiger partial charge in [0.1, 0.15) is 11.3 Å². The summed E-state index contributed by atoms with van der Waals surface area (Å²) in [4.78, 5) is 17.9. The molecule has 2 aromatic carbocycles. The third-order valence-electron chi connectivity index (χ3n) is 5.53. The van der Waals surface area contributed by atoms with Gasteiger partial charge < -0.3 is 14.5 Å². The highest BCUT2D eigenvalue weighted by atomic mass is 32.2. The van der Waals surface area contributed by atoms with Crippen LogP contribution < -0.4 is 10.5 Å². The Balaban J connectivity index is 1.89. The van der Waals surface area contributed by atoms with Crippen LogP contribution in [0.5, 0.6) is 0 Å². The highest BCUT2D eigenvalue weighted by Crippen LogP contribution is 2.44. The number of aromatic amines is 1. The van der Waals surface area contributed by atoms with Gasteiger partial charge in [0, 0.05) is 53.6 Å². The molecule has 5 rings (SSSR count). The molecule has 0 saturated heterocycles. The number of rotatable bonds is 2. The van der Waals surface area contributed by atoms with Gasteiger partial charge in [0.25, 0.3) is 5.56 Å². The van der Waals surface area contributed by atoms with Gasteiger partial charge in [0.2, 0.25) is 0 Å². The molecule has 30 heavy (non-hydrogen) atoms. The lowest BCUT2D eigenvalue weighted by molar-refractivity contribution is 0.602. The highest BCUT2D eigenvalue weighted by Gasteiger charge is 2.26. The number of nitrogens with zero attached hydrogens (tertiary/aromatic N) is 2. The maximum Gasteiger partial charge on any atom is 0.274 e. The SMILES string of the molecule is Cn1cc2c3c(c[nH]c3c1=O)CN(c1ccc(F)cc1)c1ccc(S(C)(=O)=O)cc1-2. The molecule has 0 saturated carbocycles. The number of pyridine rings is 1. The van der Waals surface area contributed by atoms with Crippen LogP contribution in [0.15, 0.2) is 64.5 Å². The molecule has 0 aliphatic carbocycles. The van der Waals surface area contributed by atoms with Gasteiger partial charge in [-0.25, -0.2) is 12.8 Å². The summed E-state index contributed by atoms with van der Waals surface area (Å²) < 4.78 is 39.5. The Hall–Kier alpha value is -3.39. The molecule has 0 atom stereocenters. The third-order valence-corrected chi connectivity index (χ3v) is 6.64. The standard InChI is InChI=1S/C22H18FN3O3S/c1-25-12-18-17-9-16(30(2,28)29)7-8-19(17)26(15-5-3-14(23)4-6-15)11-13-10-24-21(20(13)18)22(25)27/h3-10,12,24H,11H2,1-2H3. The van der Waals surface area contributed by atoms with Crippen LogP contribution in [-0.4, -0.2) is 24.2 Å². The Morgan fingerprint density at radius 3 is 2.50 bits per heavy atom. The lowest BCUT2D eigenvalue weighted by atomic mass is 10.0. The summed E-state index contributed by atoms with van der Waals surface area (Å²) in [5.74, 6) is -0.337. The molecule has 0 bridgehead atoms. The van der Waals surface area contributed by atoms with Crippen LogP contribution >= 0.6 is 0 Å². The van der Waals surface area contributed by atoms with E-state index in [9.17, 15) is 17.6 Å². The van der Waals surface area contributed by atoms with E-state index in [1.165, 1.54) is 23.0 Å². The third kappa shape index (κ3) is 2.75. The van der Waals surface area contributed by atoms with Crippen LogP contribution in [0, 0.1) is 5.82 Å². The summed E-state index contributed by atoms with van der Waals surface area (Å²) in [5.41, 5.74) is 4.23. The molecule has 0 unspecified atom stereocenters. The predicted molar refractivity (Wildman–Crippen MR) is 114 cm³/mol. The van der Waals surface area contributed by atoms with Crippen molar-refractivity contribution in [1.82, 2.24) is 9.55 Å². The maximum atomic E-state index is 13.5. The van der Waals surface area contributed by atoms with Crippen molar-refractivity contribution in [2.75, 3.05) is 11.2 Å². The van der Waals surface area contributed by atoms with Crippen LogP contribution in [0.4, 0.5) is 15.8 Å². The van der Waals surface area contributed by atoms with Crippen molar-refractivity contribution in [2.24, 2.45) is 7.05 Å². The minimum Gasteiger partial charge on any atom is -0.356 e. The van der Waals surface area contributed by atoms with Crippen LogP contribution in [0.2, 0.25) is 0 Å². The number of fused-ring (bicyclic) bond motifs is 2. The van der Waals surface area contributed by atoms with E-state index >= 15 is 0 Å². The molecular formula is C22H18FN3O3S. The molecule has 1 aliphatic rings. The highest BCUT2D eigenvalue weighted by molar-refractivity contribution is 7.90. The van der Waals surface area contributed by atoms with Crippen molar-refractivity contribution in [3.8, 4) is 11.1 Å². The maximum absolute atomic E-state index is 13.5. The van der Waals surface area contributed by atoms with Crippen LogP contribution in [0.1, 0.15) is 5.56 Å². The van der Waals surface area contributed by atoms with Gasteiger partial charge in [0.05, 0.1) is 11.4 Å². The Morgan fingerprint density at radius 1 is 1.07 bits per heavy atom. The summed E-state index contributed by atoms with van der Waals surface area (Å²) in [6.45, 7) is 0.441. The Kier molecular flexibility index (Phi) is 3.91. The lowest BCUT2D eigenvalue weighted by Crippen LogP contribution is -2.16. The molecule has 6 nitrogen and oxygen atoms in total. The molecule has 4 aromatic rings. The van der Waals surface area contributed by atoms with Crippen molar-refractivity contribution in [3.63, 3.8) is 0 Å². The molecule has 152 valence electrons. The van der Waals surface area contributed by atoms with Crippen molar-refractivity contribution in [2.45, 2.75) is 11.4 Å². The van der Waals surface area contributed by atoms with Crippen molar-refractivity contribution in [1.29, 1.82) is 0 Å². The smallest absolute Gasteiger partial charge is 0.274 e. The van der Waals surface area contributed by atoms with Crippen LogP contribution in [0.3, 0.4) is 0 Å². The number of nitrogens with one attached hydrogen (secondary N) is 1.